The van der Waals surface area contributed by atoms with Crippen molar-refractivity contribution in [2.45, 2.75) is 44.7 Å². The Morgan fingerprint density at radius 2 is 1.97 bits per heavy atom. The minimum atomic E-state index is -0.956. The van der Waals surface area contributed by atoms with E-state index in [-0.39, 0.29) is 42.8 Å². The normalized spacial score (nSPS) is 25.4. The molecule has 1 aromatic heterocycles. The van der Waals surface area contributed by atoms with Crippen LogP contribution >= 0.6 is 0 Å². The number of imide groups is 1. The maximum absolute atomic E-state index is 12.5. The lowest BCUT2D eigenvalue weighted by atomic mass is 9.91. The SMILES string of the molecule is C[C@@H]1CN(C(=O)O)C[C@H](C)N1CC(=O)Nc1cc(C2CCC(=O)NC2=O)ccn1. The molecule has 3 rings (SSSR count). The molecule has 1 aromatic rings. The molecule has 2 fully saturated rings. The van der Waals surface area contributed by atoms with Gasteiger partial charge in [-0.2, -0.15) is 0 Å². The molecule has 0 saturated carbocycles. The lowest BCUT2D eigenvalue weighted by molar-refractivity contribution is -0.134. The highest BCUT2D eigenvalue weighted by Crippen LogP contribution is 2.26. The van der Waals surface area contributed by atoms with Crippen LogP contribution in [0.25, 0.3) is 0 Å². The smallest absolute Gasteiger partial charge is 0.407 e. The summed E-state index contributed by atoms with van der Waals surface area (Å²) in [7, 11) is 0. The van der Waals surface area contributed by atoms with Crippen molar-refractivity contribution < 1.29 is 24.3 Å². The molecule has 10 heteroatoms. The molecule has 3 N–H and O–H groups in total. The highest BCUT2D eigenvalue weighted by atomic mass is 16.4. The number of hydrogen-bond acceptors (Lipinski definition) is 6. The summed E-state index contributed by atoms with van der Waals surface area (Å²) in [5.41, 5.74) is 0.692. The van der Waals surface area contributed by atoms with Crippen molar-refractivity contribution in [3.63, 3.8) is 0 Å². The number of carboxylic acid groups (broad SMARTS) is 1. The van der Waals surface area contributed by atoms with Gasteiger partial charge in [-0.15, -0.1) is 0 Å². The highest BCUT2D eigenvalue weighted by Gasteiger charge is 2.33. The van der Waals surface area contributed by atoms with E-state index in [1.54, 1.807) is 12.1 Å². The molecule has 4 amide bonds. The number of nitrogens with one attached hydrogen (secondary N) is 2. The van der Waals surface area contributed by atoms with Crippen LogP contribution in [0, 0.1) is 0 Å². The number of aromatic nitrogens is 1. The zero-order valence-corrected chi connectivity index (χ0v) is 16.4. The lowest BCUT2D eigenvalue weighted by Gasteiger charge is -2.42. The number of hydrogen-bond donors (Lipinski definition) is 3. The molecule has 0 aromatic carbocycles. The zero-order chi connectivity index (χ0) is 21.1. The fourth-order valence-corrected chi connectivity index (χ4v) is 3.92. The molecule has 0 aliphatic carbocycles. The van der Waals surface area contributed by atoms with E-state index in [1.165, 1.54) is 11.1 Å². The first kappa shape index (κ1) is 20.7. The molecular weight excluding hydrogens is 378 g/mol. The largest absolute Gasteiger partial charge is 0.465 e. The number of amides is 4. The van der Waals surface area contributed by atoms with Crippen LogP contribution in [0.2, 0.25) is 0 Å². The number of carbonyl (C=O) groups excluding carboxylic acids is 3. The van der Waals surface area contributed by atoms with Crippen LogP contribution in [0.4, 0.5) is 10.6 Å². The molecule has 1 unspecified atom stereocenters. The summed E-state index contributed by atoms with van der Waals surface area (Å²) in [6, 6.07) is 3.16. The van der Waals surface area contributed by atoms with Crippen molar-refractivity contribution in [2.75, 3.05) is 25.0 Å². The van der Waals surface area contributed by atoms with E-state index in [9.17, 15) is 24.3 Å². The summed E-state index contributed by atoms with van der Waals surface area (Å²) in [6.07, 6.45) is 1.26. The maximum Gasteiger partial charge on any atom is 0.407 e. The lowest BCUT2D eigenvalue weighted by Crippen LogP contribution is -2.59. The van der Waals surface area contributed by atoms with Crippen LogP contribution in [0.3, 0.4) is 0 Å². The Labute approximate surface area is 168 Å². The molecule has 0 spiro atoms. The summed E-state index contributed by atoms with van der Waals surface area (Å²) in [4.78, 5) is 54.6. The van der Waals surface area contributed by atoms with Crippen LogP contribution in [-0.4, -0.2) is 75.4 Å². The summed E-state index contributed by atoms with van der Waals surface area (Å²) in [6.45, 7) is 4.58. The molecular formula is C19H25N5O5. The molecule has 29 heavy (non-hydrogen) atoms. The van der Waals surface area contributed by atoms with E-state index in [0.717, 1.165) is 0 Å². The van der Waals surface area contributed by atoms with E-state index >= 15 is 0 Å². The molecule has 156 valence electrons. The fourth-order valence-electron chi connectivity index (χ4n) is 3.92. The maximum atomic E-state index is 12.5. The second kappa shape index (κ2) is 8.56. The Bertz CT molecular complexity index is 817. The summed E-state index contributed by atoms with van der Waals surface area (Å²) in [5.74, 6) is -0.999. The Hall–Kier alpha value is -3.01. The molecule has 10 nitrogen and oxygen atoms in total. The number of carbonyl (C=O) groups is 4. The van der Waals surface area contributed by atoms with Gasteiger partial charge in [0, 0.05) is 37.8 Å². The number of piperidine rings is 1. The minimum absolute atomic E-state index is 0.0941. The predicted molar refractivity (Wildman–Crippen MR) is 103 cm³/mol. The molecule has 2 saturated heterocycles. The molecule has 3 atom stereocenters. The van der Waals surface area contributed by atoms with Crippen molar-refractivity contribution >= 4 is 29.6 Å². The molecule has 3 heterocycles. The van der Waals surface area contributed by atoms with Gasteiger partial charge < -0.3 is 15.3 Å². The number of rotatable bonds is 4. The van der Waals surface area contributed by atoms with Gasteiger partial charge in [-0.05, 0) is 38.0 Å². The molecule has 2 aliphatic heterocycles. The molecule has 0 bridgehead atoms. The monoisotopic (exact) mass is 403 g/mol. The number of piperazine rings is 1. The average Bonchev–Trinajstić information content (AvgIpc) is 2.64. The van der Waals surface area contributed by atoms with E-state index < -0.39 is 12.0 Å². The van der Waals surface area contributed by atoms with Crippen molar-refractivity contribution in [1.82, 2.24) is 20.1 Å². The van der Waals surface area contributed by atoms with Gasteiger partial charge in [0.15, 0.2) is 0 Å². The van der Waals surface area contributed by atoms with Gasteiger partial charge >= 0.3 is 6.09 Å². The van der Waals surface area contributed by atoms with Crippen LogP contribution in [0.5, 0.6) is 0 Å². The van der Waals surface area contributed by atoms with Gasteiger partial charge in [-0.1, -0.05) is 0 Å². The van der Waals surface area contributed by atoms with E-state index in [1.807, 2.05) is 18.7 Å². The third-order valence-electron chi connectivity index (χ3n) is 5.39. The average molecular weight is 403 g/mol. The Morgan fingerprint density at radius 3 is 2.59 bits per heavy atom. The Kier molecular flexibility index (Phi) is 6.12. The van der Waals surface area contributed by atoms with Crippen LogP contribution in [-0.2, 0) is 14.4 Å². The van der Waals surface area contributed by atoms with Gasteiger partial charge in [0.2, 0.25) is 17.7 Å². The van der Waals surface area contributed by atoms with Gasteiger partial charge in [0.1, 0.15) is 5.82 Å². The highest BCUT2D eigenvalue weighted by molar-refractivity contribution is 6.01. The predicted octanol–water partition coefficient (Wildman–Crippen LogP) is 0.613. The quantitative estimate of drug-likeness (QED) is 0.628. The number of pyridine rings is 1. The first-order valence-corrected chi connectivity index (χ1v) is 9.57. The van der Waals surface area contributed by atoms with Crippen LogP contribution in [0.1, 0.15) is 38.2 Å². The zero-order valence-electron chi connectivity index (χ0n) is 16.4. The first-order valence-electron chi connectivity index (χ1n) is 9.57. The first-order chi connectivity index (χ1) is 13.7. The Morgan fingerprint density at radius 1 is 1.28 bits per heavy atom. The van der Waals surface area contributed by atoms with Crippen molar-refractivity contribution in [3.05, 3.63) is 23.9 Å². The fraction of sp³-hybridized carbons (Fsp3) is 0.526. The van der Waals surface area contributed by atoms with Gasteiger partial charge in [0.25, 0.3) is 0 Å². The third-order valence-corrected chi connectivity index (χ3v) is 5.39. The van der Waals surface area contributed by atoms with Crippen molar-refractivity contribution in [3.8, 4) is 0 Å². The van der Waals surface area contributed by atoms with E-state index in [2.05, 4.69) is 15.6 Å². The van der Waals surface area contributed by atoms with E-state index in [0.29, 0.717) is 30.9 Å². The summed E-state index contributed by atoms with van der Waals surface area (Å²) in [5, 5.41) is 14.2. The number of anilines is 1. The molecule has 2 aliphatic rings. The minimum Gasteiger partial charge on any atom is -0.465 e. The second-order valence-electron chi connectivity index (χ2n) is 7.58. The van der Waals surface area contributed by atoms with E-state index in [4.69, 9.17) is 0 Å². The standard InChI is InChI=1S/C19H25N5O5/c1-11-8-23(19(28)29)9-12(2)24(11)10-17(26)21-15-7-13(5-6-20-15)14-3-4-16(25)22-18(14)27/h5-7,11-12,14H,3-4,8-10H2,1-2H3,(H,28,29)(H,20,21,26)(H,22,25,27)/t11-,12+,14?. The number of nitrogens with zero attached hydrogens (tertiary/aromatic N) is 3. The van der Waals surface area contributed by atoms with Gasteiger partial charge in [-0.3, -0.25) is 24.6 Å². The van der Waals surface area contributed by atoms with Crippen LogP contribution < -0.4 is 10.6 Å². The summed E-state index contributed by atoms with van der Waals surface area (Å²) < 4.78 is 0. The van der Waals surface area contributed by atoms with Crippen LogP contribution in [0.15, 0.2) is 18.3 Å². The Balaban J connectivity index is 1.62. The summed E-state index contributed by atoms with van der Waals surface area (Å²) >= 11 is 0. The van der Waals surface area contributed by atoms with Gasteiger partial charge in [-0.25, -0.2) is 9.78 Å². The second-order valence-corrected chi connectivity index (χ2v) is 7.58. The van der Waals surface area contributed by atoms with Crippen molar-refractivity contribution in [2.24, 2.45) is 0 Å². The van der Waals surface area contributed by atoms with Crippen molar-refractivity contribution in [1.29, 1.82) is 0 Å². The molecule has 0 radical (unpaired) electrons. The third kappa shape index (κ3) is 4.89. The van der Waals surface area contributed by atoms with Gasteiger partial charge in [0.05, 0.1) is 12.5 Å². The topological polar surface area (TPSA) is 132 Å².